The highest BCUT2D eigenvalue weighted by atomic mass is 14.9. The molecule has 5 heteroatoms. The summed E-state index contributed by atoms with van der Waals surface area (Å²) in [4.78, 5) is 23.6. The average Bonchev–Trinajstić information content (AvgIpc) is 3.15. The number of fused-ring (bicyclic) bond motifs is 1. The highest BCUT2D eigenvalue weighted by Crippen LogP contribution is 2.36. The van der Waals surface area contributed by atoms with E-state index >= 15 is 0 Å². The molecular weight excluding hydrogens is 562 g/mol. The van der Waals surface area contributed by atoms with Crippen molar-refractivity contribution in [3.63, 3.8) is 0 Å². The molecule has 3 heterocycles. The first-order valence-corrected chi connectivity index (χ1v) is 15.1. The number of nitrogens with zero attached hydrogens (tertiary/aromatic N) is 5. The van der Waals surface area contributed by atoms with Gasteiger partial charge in [0.15, 0.2) is 11.6 Å². The van der Waals surface area contributed by atoms with Crippen molar-refractivity contribution in [2.24, 2.45) is 0 Å². The minimum absolute atomic E-state index is 0.667. The number of aromatic nitrogens is 5. The third kappa shape index (κ3) is 5.42. The first kappa shape index (κ1) is 27.2. The van der Waals surface area contributed by atoms with Crippen molar-refractivity contribution in [2.45, 2.75) is 0 Å². The second-order valence-electron chi connectivity index (χ2n) is 11.1. The zero-order valence-electron chi connectivity index (χ0n) is 24.8. The highest BCUT2D eigenvalue weighted by Gasteiger charge is 2.15. The Morgan fingerprint density at radius 2 is 0.957 bits per heavy atom. The molecule has 8 aromatic rings. The van der Waals surface area contributed by atoms with Gasteiger partial charge in [-0.3, -0.25) is 4.98 Å². The lowest BCUT2D eigenvalue weighted by atomic mass is 9.95. The number of hydrogen-bond acceptors (Lipinski definition) is 5. The van der Waals surface area contributed by atoms with Gasteiger partial charge in [0.1, 0.15) is 0 Å². The fourth-order valence-electron chi connectivity index (χ4n) is 5.77. The third-order valence-corrected chi connectivity index (χ3v) is 8.08. The summed E-state index contributed by atoms with van der Waals surface area (Å²) >= 11 is 0. The van der Waals surface area contributed by atoms with Crippen LogP contribution >= 0.6 is 0 Å². The van der Waals surface area contributed by atoms with E-state index < -0.39 is 0 Å². The molecule has 0 N–H and O–H groups in total. The van der Waals surface area contributed by atoms with Crippen LogP contribution in [0.5, 0.6) is 0 Å². The van der Waals surface area contributed by atoms with Crippen molar-refractivity contribution in [1.29, 1.82) is 0 Å². The maximum atomic E-state index is 5.26. The van der Waals surface area contributed by atoms with Gasteiger partial charge in [0, 0.05) is 52.4 Å². The summed E-state index contributed by atoms with van der Waals surface area (Å²) in [7, 11) is 0. The Morgan fingerprint density at radius 3 is 1.67 bits per heavy atom. The molecule has 0 spiro atoms. The fourth-order valence-corrected chi connectivity index (χ4v) is 5.77. The van der Waals surface area contributed by atoms with E-state index in [2.05, 4.69) is 130 Å². The molecule has 5 aromatic carbocycles. The minimum atomic E-state index is 0.667. The average molecular weight is 590 g/mol. The predicted molar refractivity (Wildman–Crippen MR) is 186 cm³/mol. The van der Waals surface area contributed by atoms with E-state index in [1.807, 2.05) is 30.5 Å². The maximum absolute atomic E-state index is 5.26. The molecule has 46 heavy (non-hydrogen) atoms. The van der Waals surface area contributed by atoms with Crippen LogP contribution in [0.1, 0.15) is 0 Å². The second-order valence-corrected chi connectivity index (χ2v) is 11.1. The highest BCUT2D eigenvalue weighted by molar-refractivity contribution is 5.96. The lowest BCUT2D eigenvalue weighted by Crippen LogP contribution is -1.97. The van der Waals surface area contributed by atoms with Crippen molar-refractivity contribution in [2.75, 3.05) is 0 Å². The molecule has 0 atom stereocenters. The van der Waals surface area contributed by atoms with Gasteiger partial charge in [-0.05, 0) is 70.3 Å². The number of pyridine rings is 1. The molecular formula is C41H27N5. The smallest absolute Gasteiger partial charge is 0.160 e. The van der Waals surface area contributed by atoms with Crippen LogP contribution < -0.4 is 0 Å². The molecule has 0 saturated heterocycles. The van der Waals surface area contributed by atoms with E-state index in [0.717, 1.165) is 66.7 Å². The zero-order valence-corrected chi connectivity index (χ0v) is 24.8. The number of rotatable bonds is 6. The molecule has 0 aliphatic carbocycles. The molecule has 8 rings (SSSR count). The Bertz CT molecular complexity index is 2270. The summed E-state index contributed by atoms with van der Waals surface area (Å²) in [6.45, 7) is 0. The van der Waals surface area contributed by atoms with E-state index in [1.165, 1.54) is 0 Å². The molecule has 0 unspecified atom stereocenters. The summed E-state index contributed by atoms with van der Waals surface area (Å²) in [5, 5.41) is 1.01. The Balaban J connectivity index is 1.30. The molecule has 0 amide bonds. The van der Waals surface area contributed by atoms with Crippen LogP contribution in [-0.4, -0.2) is 24.9 Å². The van der Waals surface area contributed by atoms with Gasteiger partial charge < -0.3 is 0 Å². The largest absolute Gasteiger partial charge is 0.264 e. The van der Waals surface area contributed by atoms with Crippen LogP contribution in [0.4, 0.5) is 0 Å². The first-order chi connectivity index (χ1) is 22.8. The molecule has 0 fully saturated rings. The second kappa shape index (κ2) is 12.0. The molecule has 0 radical (unpaired) electrons. The lowest BCUT2D eigenvalue weighted by Gasteiger charge is -2.14. The van der Waals surface area contributed by atoms with Crippen molar-refractivity contribution in [1.82, 2.24) is 24.9 Å². The standard InChI is InChI=1S/C41H27N5/c1-3-9-28(10-4-1)32-18-19-38-37(26-32)39(30-11-5-2-6-12-30)46-41(45-38)36-24-34(23-35(25-36)33-13-7-20-42-27-33)29-14-16-31(17-15-29)40-43-21-8-22-44-40/h1-27H. The minimum Gasteiger partial charge on any atom is -0.264 e. The maximum Gasteiger partial charge on any atom is 0.160 e. The van der Waals surface area contributed by atoms with Gasteiger partial charge in [0.25, 0.3) is 0 Å². The SMILES string of the molecule is c1ccc(-c2ccc3nc(-c4cc(-c5ccc(-c6ncccn6)cc5)cc(-c5cccnc5)c4)nc(-c4ccccc4)c3c2)cc1. The van der Waals surface area contributed by atoms with E-state index in [4.69, 9.17) is 9.97 Å². The summed E-state index contributed by atoms with van der Waals surface area (Å²) < 4.78 is 0. The Kier molecular flexibility index (Phi) is 7.09. The summed E-state index contributed by atoms with van der Waals surface area (Å²) in [6.07, 6.45) is 7.20. The fraction of sp³-hybridized carbons (Fsp3) is 0. The van der Waals surface area contributed by atoms with Gasteiger partial charge in [-0.15, -0.1) is 0 Å². The summed E-state index contributed by atoms with van der Waals surface area (Å²) in [5.41, 5.74) is 11.2. The normalized spacial score (nSPS) is 11.0. The number of benzene rings is 5. The van der Waals surface area contributed by atoms with Crippen LogP contribution in [0.25, 0.3) is 78.3 Å². The zero-order chi connectivity index (χ0) is 30.7. The topological polar surface area (TPSA) is 64.5 Å². The Morgan fingerprint density at radius 1 is 0.348 bits per heavy atom. The van der Waals surface area contributed by atoms with Gasteiger partial charge in [0.05, 0.1) is 11.2 Å². The van der Waals surface area contributed by atoms with E-state index in [-0.39, 0.29) is 0 Å². The molecule has 0 saturated carbocycles. The van der Waals surface area contributed by atoms with Crippen LogP contribution in [0.15, 0.2) is 164 Å². The van der Waals surface area contributed by atoms with Crippen LogP contribution in [-0.2, 0) is 0 Å². The monoisotopic (exact) mass is 589 g/mol. The van der Waals surface area contributed by atoms with Crippen molar-refractivity contribution >= 4 is 10.9 Å². The predicted octanol–water partition coefficient (Wildman–Crippen LogP) is 9.82. The quantitative estimate of drug-likeness (QED) is 0.193. The molecule has 0 aliphatic heterocycles. The third-order valence-electron chi connectivity index (χ3n) is 8.08. The van der Waals surface area contributed by atoms with Gasteiger partial charge >= 0.3 is 0 Å². The van der Waals surface area contributed by atoms with E-state index in [9.17, 15) is 0 Å². The lowest BCUT2D eigenvalue weighted by molar-refractivity contribution is 1.18. The summed E-state index contributed by atoms with van der Waals surface area (Å²) in [6, 6.07) is 47.9. The van der Waals surface area contributed by atoms with Crippen molar-refractivity contribution in [3.05, 3.63) is 164 Å². The van der Waals surface area contributed by atoms with Crippen LogP contribution in [0, 0.1) is 0 Å². The first-order valence-electron chi connectivity index (χ1n) is 15.1. The molecule has 0 aliphatic rings. The van der Waals surface area contributed by atoms with Gasteiger partial charge in [-0.1, -0.05) is 97.1 Å². The van der Waals surface area contributed by atoms with Gasteiger partial charge in [0.2, 0.25) is 0 Å². The molecule has 0 bridgehead atoms. The Hall–Kier alpha value is -6.33. The van der Waals surface area contributed by atoms with Crippen LogP contribution in [0.3, 0.4) is 0 Å². The molecule has 3 aromatic heterocycles. The van der Waals surface area contributed by atoms with E-state index in [0.29, 0.717) is 11.6 Å². The van der Waals surface area contributed by atoms with E-state index in [1.54, 1.807) is 18.6 Å². The van der Waals surface area contributed by atoms with Gasteiger partial charge in [-0.25, -0.2) is 19.9 Å². The Labute approximate surface area is 267 Å². The summed E-state index contributed by atoms with van der Waals surface area (Å²) in [5.74, 6) is 1.37. The van der Waals surface area contributed by atoms with Gasteiger partial charge in [-0.2, -0.15) is 0 Å². The molecule has 5 nitrogen and oxygen atoms in total. The molecule has 216 valence electrons. The van der Waals surface area contributed by atoms with Crippen molar-refractivity contribution in [3.8, 4) is 67.4 Å². The van der Waals surface area contributed by atoms with Crippen molar-refractivity contribution < 1.29 is 0 Å². The van der Waals surface area contributed by atoms with Crippen LogP contribution in [0.2, 0.25) is 0 Å². The number of hydrogen-bond donors (Lipinski definition) is 0.